The standard InChI is InChI=1S/C14H17N3O2S/c1-3-17(12-6-8-16-9-7-12)20(18,19)13-4-5-14(15)11(2)10-13/h4-10H,3,15H2,1-2H3. The van der Waals surface area contributed by atoms with Gasteiger partial charge in [-0.2, -0.15) is 0 Å². The van der Waals surface area contributed by atoms with Crippen LogP contribution in [0.5, 0.6) is 0 Å². The molecule has 5 nitrogen and oxygen atoms in total. The van der Waals surface area contributed by atoms with Gasteiger partial charge in [0, 0.05) is 24.6 Å². The van der Waals surface area contributed by atoms with Gasteiger partial charge in [-0.05, 0) is 49.7 Å². The van der Waals surface area contributed by atoms with E-state index in [4.69, 9.17) is 5.73 Å². The van der Waals surface area contributed by atoms with Crippen LogP contribution in [0, 0.1) is 6.92 Å². The lowest BCUT2D eigenvalue weighted by molar-refractivity contribution is 0.592. The largest absolute Gasteiger partial charge is 0.399 e. The number of sulfonamides is 1. The normalized spacial score (nSPS) is 11.3. The molecule has 1 heterocycles. The maximum Gasteiger partial charge on any atom is 0.264 e. The molecule has 20 heavy (non-hydrogen) atoms. The van der Waals surface area contributed by atoms with Crippen LogP contribution >= 0.6 is 0 Å². The van der Waals surface area contributed by atoms with Gasteiger partial charge in [0.25, 0.3) is 10.0 Å². The van der Waals surface area contributed by atoms with Crippen LogP contribution < -0.4 is 10.0 Å². The van der Waals surface area contributed by atoms with E-state index in [2.05, 4.69) is 4.98 Å². The first kappa shape index (κ1) is 14.3. The van der Waals surface area contributed by atoms with Crippen molar-refractivity contribution in [2.75, 3.05) is 16.6 Å². The Kier molecular flexibility index (Phi) is 3.94. The summed E-state index contributed by atoms with van der Waals surface area (Å²) in [5.74, 6) is 0. The van der Waals surface area contributed by atoms with Gasteiger partial charge in [-0.15, -0.1) is 0 Å². The molecule has 0 amide bonds. The molecule has 0 saturated carbocycles. The number of pyridine rings is 1. The molecule has 0 bridgehead atoms. The molecule has 2 rings (SSSR count). The molecule has 1 aromatic carbocycles. The minimum atomic E-state index is -3.59. The minimum absolute atomic E-state index is 0.239. The molecule has 0 unspecified atom stereocenters. The third-order valence-electron chi connectivity index (χ3n) is 3.07. The fourth-order valence-corrected chi connectivity index (χ4v) is 3.50. The summed E-state index contributed by atoms with van der Waals surface area (Å²) in [7, 11) is -3.59. The Bertz CT molecular complexity index is 700. The van der Waals surface area contributed by atoms with Crippen molar-refractivity contribution in [1.29, 1.82) is 0 Å². The lowest BCUT2D eigenvalue weighted by Gasteiger charge is -2.23. The van der Waals surface area contributed by atoms with E-state index in [1.54, 1.807) is 50.5 Å². The Labute approximate surface area is 119 Å². The van der Waals surface area contributed by atoms with Gasteiger partial charge in [0.2, 0.25) is 0 Å². The Morgan fingerprint density at radius 2 is 1.85 bits per heavy atom. The van der Waals surface area contributed by atoms with Gasteiger partial charge in [-0.1, -0.05) is 0 Å². The molecule has 0 aliphatic carbocycles. The highest BCUT2D eigenvalue weighted by Crippen LogP contribution is 2.24. The quantitative estimate of drug-likeness (QED) is 0.876. The number of benzene rings is 1. The molecule has 0 aliphatic heterocycles. The predicted octanol–water partition coefficient (Wildman–Crippen LogP) is 2.19. The highest BCUT2D eigenvalue weighted by molar-refractivity contribution is 7.92. The van der Waals surface area contributed by atoms with Gasteiger partial charge in [-0.3, -0.25) is 9.29 Å². The van der Waals surface area contributed by atoms with Gasteiger partial charge in [0.05, 0.1) is 10.6 Å². The monoisotopic (exact) mass is 291 g/mol. The smallest absolute Gasteiger partial charge is 0.264 e. The van der Waals surface area contributed by atoms with Crippen molar-refractivity contribution in [2.24, 2.45) is 0 Å². The van der Waals surface area contributed by atoms with Crippen molar-refractivity contribution in [3.05, 3.63) is 48.3 Å². The zero-order valence-corrected chi connectivity index (χ0v) is 12.3. The summed E-state index contributed by atoms with van der Waals surface area (Å²) in [4.78, 5) is 4.14. The van der Waals surface area contributed by atoms with Crippen molar-refractivity contribution in [3.63, 3.8) is 0 Å². The molecule has 0 atom stereocenters. The van der Waals surface area contributed by atoms with Gasteiger partial charge >= 0.3 is 0 Å². The lowest BCUT2D eigenvalue weighted by atomic mass is 10.2. The summed E-state index contributed by atoms with van der Waals surface area (Å²) in [5.41, 5.74) is 7.66. The zero-order valence-electron chi connectivity index (χ0n) is 11.4. The van der Waals surface area contributed by atoms with Crippen LogP contribution in [0.2, 0.25) is 0 Å². The van der Waals surface area contributed by atoms with E-state index in [-0.39, 0.29) is 4.90 Å². The lowest BCUT2D eigenvalue weighted by Crippen LogP contribution is -2.30. The maximum absolute atomic E-state index is 12.7. The molecule has 0 saturated heterocycles. The maximum atomic E-state index is 12.7. The topological polar surface area (TPSA) is 76.3 Å². The SMILES string of the molecule is CCN(c1ccncc1)S(=O)(=O)c1ccc(N)c(C)c1. The Hall–Kier alpha value is -2.08. The number of rotatable bonds is 4. The predicted molar refractivity (Wildman–Crippen MR) is 80.0 cm³/mol. The van der Waals surface area contributed by atoms with E-state index < -0.39 is 10.0 Å². The molecule has 0 spiro atoms. The number of nitrogens with zero attached hydrogens (tertiary/aromatic N) is 2. The van der Waals surface area contributed by atoms with E-state index in [0.717, 1.165) is 5.56 Å². The number of hydrogen-bond acceptors (Lipinski definition) is 4. The first-order chi connectivity index (χ1) is 9.46. The molecular weight excluding hydrogens is 274 g/mol. The van der Waals surface area contributed by atoms with Crippen molar-refractivity contribution in [3.8, 4) is 0 Å². The summed E-state index contributed by atoms with van der Waals surface area (Å²) in [6.45, 7) is 3.93. The number of anilines is 2. The second kappa shape index (κ2) is 5.50. The van der Waals surface area contributed by atoms with Crippen LogP contribution in [-0.4, -0.2) is 19.9 Å². The molecular formula is C14H17N3O2S. The molecule has 0 aliphatic rings. The summed E-state index contributed by atoms with van der Waals surface area (Å²) >= 11 is 0. The van der Waals surface area contributed by atoms with Crippen molar-refractivity contribution in [1.82, 2.24) is 4.98 Å². The summed E-state index contributed by atoms with van der Waals surface area (Å²) in [5, 5.41) is 0. The fraction of sp³-hybridized carbons (Fsp3) is 0.214. The van der Waals surface area contributed by atoms with Crippen LogP contribution in [0.3, 0.4) is 0 Å². The number of nitrogen functional groups attached to an aromatic ring is 1. The van der Waals surface area contributed by atoms with E-state index in [9.17, 15) is 8.42 Å². The molecule has 2 N–H and O–H groups in total. The van der Waals surface area contributed by atoms with Gasteiger partial charge < -0.3 is 5.73 Å². The first-order valence-electron chi connectivity index (χ1n) is 6.25. The molecule has 6 heteroatoms. The molecule has 106 valence electrons. The Balaban J connectivity index is 2.50. The van der Waals surface area contributed by atoms with Crippen LogP contribution in [0.15, 0.2) is 47.6 Å². The first-order valence-corrected chi connectivity index (χ1v) is 7.69. The highest BCUT2D eigenvalue weighted by Gasteiger charge is 2.23. The molecule has 2 aromatic rings. The van der Waals surface area contributed by atoms with E-state index >= 15 is 0 Å². The van der Waals surface area contributed by atoms with Crippen LogP contribution in [0.25, 0.3) is 0 Å². The number of nitrogens with two attached hydrogens (primary N) is 1. The fourth-order valence-electron chi connectivity index (χ4n) is 1.94. The van der Waals surface area contributed by atoms with Gasteiger partial charge in [-0.25, -0.2) is 8.42 Å². The third-order valence-corrected chi connectivity index (χ3v) is 4.97. The number of aromatic nitrogens is 1. The van der Waals surface area contributed by atoms with Crippen molar-refractivity contribution >= 4 is 21.4 Å². The molecule has 0 fully saturated rings. The zero-order chi connectivity index (χ0) is 14.8. The average Bonchev–Trinajstić information content (AvgIpc) is 2.43. The Morgan fingerprint density at radius 3 is 2.40 bits per heavy atom. The van der Waals surface area contributed by atoms with Crippen LogP contribution in [0.1, 0.15) is 12.5 Å². The van der Waals surface area contributed by atoms with E-state index in [0.29, 0.717) is 17.9 Å². The summed E-state index contributed by atoms with van der Waals surface area (Å²) in [6.07, 6.45) is 3.14. The summed E-state index contributed by atoms with van der Waals surface area (Å²) in [6, 6.07) is 8.08. The summed E-state index contributed by atoms with van der Waals surface area (Å²) < 4.78 is 26.7. The second-order valence-electron chi connectivity index (χ2n) is 4.39. The minimum Gasteiger partial charge on any atom is -0.399 e. The average molecular weight is 291 g/mol. The Morgan fingerprint density at radius 1 is 1.20 bits per heavy atom. The van der Waals surface area contributed by atoms with Crippen molar-refractivity contribution in [2.45, 2.75) is 18.7 Å². The van der Waals surface area contributed by atoms with Crippen molar-refractivity contribution < 1.29 is 8.42 Å². The van der Waals surface area contributed by atoms with Gasteiger partial charge in [0.15, 0.2) is 0 Å². The van der Waals surface area contributed by atoms with E-state index in [1.807, 2.05) is 0 Å². The number of hydrogen-bond donors (Lipinski definition) is 1. The molecule has 0 radical (unpaired) electrons. The van der Waals surface area contributed by atoms with Crippen LogP contribution in [-0.2, 0) is 10.0 Å². The number of aryl methyl sites for hydroxylation is 1. The molecule has 1 aromatic heterocycles. The van der Waals surface area contributed by atoms with Crippen LogP contribution in [0.4, 0.5) is 11.4 Å². The van der Waals surface area contributed by atoms with E-state index in [1.165, 1.54) is 10.4 Å². The third kappa shape index (κ3) is 2.60. The second-order valence-corrected chi connectivity index (χ2v) is 6.26. The van der Waals surface area contributed by atoms with Gasteiger partial charge in [0.1, 0.15) is 0 Å². The highest BCUT2D eigenvalue weighted by atomic mass is 32.2.